The molecule has 2 N–H and O–H groups in total. The molecule has 0 spiro atoms. The van der Waals surface area contributed by atoms with E-state index in [4.69, 9.17) is 14.2 Å². The van der Waals surface area contributed by atoms with Gasteiger partial charge >= 0.3 is 5.97 Å². The number of hydrogen-bond donors (Lipinski definition) is 2. The number of rotatable bonds is 5. The van der Waals surface area contributed by atoms with Crippen LogP contribution in [0, 0.1) is 0 Å². The highest BCUT2D eigenvalue weighted by Gasteiger charge is 2.19. The number of aromatic hydroxyl groups is 1. The molecule has 0 radical (unpaired) electrons. The van der Waals surface area contributed by atoms with E-state index in [-0.39, 0.29) is 24.7 Å². The third-order valence-electron chi connectivity index (χ3n) is 3.66. The zero-order chi connectivity index (χ0) is 17.8. The fraction of sp³-hybridized carbons (Fsp3) is 0.222. The molecule has 130 valence electrons. The molecule has 25 heavy (non-hydrogen) atoms. The highest BCUT2D eigenvalue weighted by molar-refractivity contribution is 5.92. The molecule has 0 fully saturated rings. The quantitative estimate of drug-likeness (QED) is 0.806. The Morgan fingerprint density at radius 1 is 1.16 bits per heavy atom. The molecule has 0 aliphatic carbocycles. The van der Waals surface area contributed by atoms with Crippen LogP contribution in [-0.4, -0.2) is 29.9 Å². The third-order valence-corrected chi connectivity index (χ3v) is 3.66. The van der Waals surface area contributed by atoms with Crippen molar-refractivity contribution in [3.63, 3.8) is 0 Å². The minimum absolute atomic E-state index is 0.0473. The monoisotopic (exact) mass is 343 g/mol. The molecule has 0 saturated heterocycles. The van der Waals surface area contributed by atoms with E-state index in [0.29, 0.717) is 11.5 Å². The Morgan fingerprint density at radius 3 is 2.64 bits per heavy atom. The molecule has 0 saturated carbocycles. The molecule has 2 aromatic rings. The number of fused-ring (bicyclic) bond motifs is 1. The minimum atomic E-state index is -0.949. The first kappa shape index (κ1) is 16.6. The van der Waals surface area contributed by atoms with Gasteiger partial charge in [-0.3, -0.25) is 4.79 Å². The zero-order valence-electron chi connectivity index (χ0n) is 13.5. The maximum absolute atomic E-state index is 12.1. The van der Waals surface area contributed by atoms with Crippen LogP contribution in [0.2, 0.25) is 0 Å². The highest BCUT2D eigenvalue weighted by Crippen LogP contribution is 2.32. The molecule has 0 aromatic heterocycles. The van der Waals surface area contributed by atoms with E-state index in [1.54, 1.807) is 12.1 Å². The van der Waals surface area contributed by atoms with Gasteiger partial charge in [-0.15, -0.1) is 0 Å². The molecule has 2 aromatic carbocycles. The molecule has 7 nitrogen and oxygen atoms in total. The number of phenolic OH excluding ortho intramolecular Hbond substituents is 1. The second kappa shape index (κ2) is 7.12. The average molecular weight is 343 g/mol. The summed E-state index contributed by atoms with van der Waals surface area (Å²) in [4.78, 5) is 24.0. The lowest BCUT2D eigenvalue weighted by molar-refractivity contribution is -0.129. The predicted molar refractivity (Wildman–Crippen MR) is 87.4 cm³/mol. The second-order valence-electron chi connectivity index (χ2n) is 5.50. The summed E-state index contributed by atoms with van der Waals surface area (Å²) in [5.74, 6) is 0.312. The predicted octanol–water partition coefficient (Wildman–Crippen LogP) is 1.98. The maximum atomic E-state index is 12.1. The lowest BCUT2D eigenvalue weighted by Gasteiger charge is -2.13. The molecule has 0 bridgehead atoms. The van der Waals surface area contributed by atoms with Gasteiger partial charge in [-0.25, -0.2) is 4.79 Å². The van der Waals surface area contributed by atoms with Crippen molar-refractivity contribution in [1.29, 1.82) is 0 Å². The van der Waals surface area contributed by atoms with Gasteiger partial charge in [0.15, 0.2) is 17.6 Å². The van der Waals surface area contributed by atoms with Crippen LogP contribution in [0.4, 0.5) is 0 Å². The SMILES string of the molecule is CC(OC(=O)c1ccc(O)cc1)C(=O)NCc1ccc2c(c1)OCO2. The summed E-state index contributed by atoms with van der Waals surface area (Å²) in [7, 11) is 0. The normalized spacial score (nSPS) is 13.2. The highest BCUT2D eigenvalue weighted by atomic mass is 16.7. The van der Waals surface area contributed by atoms with E-state index in [0.717, 1.165) is 5.56 Å². The van der Waals surface area contributed by atoms with E-state index in [2.05, 4.69) is 5.32 Å². The largest absolute Gasteiger partial charge is 0.508 e. The van der Waals surface area contributed by atoms with Crippen LogP contribution < -0.4 is 14.8 Å². The molecule has 1 atom stereocenters. The van der Waals surface area contributed by atoms with Gasteiger partial charge in [0, 0.05) is 6.54 Å². The van der Waals surface area contributed by atoms with Crippen molar-refractivity contribution in [2.45, 2.75) is 19.6 Å². The molecule has 1 aliphatic heterocycles. The van der Waals surface area contributed by atoms with Crippen molar-refractivity contribution in [3.05, 3.63) is 53.6 Å². The van der Waals surface area contributed by atoms with Gasteiger partial charge in [0.25, 0.3) is 5.91 Å². The van der Waals surface area contributed by atoms with Gasteiger partial charge in [-0.1, -0.05) is 6.07 Å². The summed E-state index contributed by atoms with van der Waals surface area (Å²) < 4.78 is 15.6. The van der Waals surface area contributed by atoms with Crippen LogP contribution in [0.3, 0.4) is 0 Å². The van der Waals surface area contributed by atoms with Crippen molar-refractivity contribution >= 4 is 11.9 Å². The Morgan fingerprint density at radius 2 is 1.88 bits per heavy atom. The van der Waals surface area contributed by atoms with E-state index < -0.39 is 18.0 Å². The molecule has 1 heterocycles. The number of esters is 1. The Hall–Kier alpha value is -3.22. The Bertz CT molecular complexity index is 787. The molecule has 7 heteroatoms. The van der Waals surface area contributed by atoms with E-state index in [1.807, 2.05) is 6.07 Å². The van der Waals surface area contributed by atoms with Crippen LogP contribution in [0.25, 0.3) is 0 Å². The average Bonchev–Trinajstić information content (AvgIpc) is 3.07. The maximum Gasteiger partial charge on any atom is 0.338 e. The van der Waals surface area contributed by atoms with Crippen LogP contribution in [-0.2, 0) is 16.1 Å². The first-order valence-corrected chi connectivity index (χ1v) is 7.69. The summed E-state index contributed by atoms with van der Waals surface area (Å²) >= 11 is 0. The van der Waals surface area contributed by atoms with Crippen molar-refractivity contribution < 1.29 is 28.9 Å². The van der Waals surface area contributed by atoms with E-state index in [1.165, 1.54) is 31.2 Å². The smallest absolute Gasteiger partial charge is 0.338 e. The number of carbonyl (C=O) groups is 2. The van der Waals surface area contributed by atoms with Gasteiger partial charge in [0.1, 0.15) is 5.75 Å². The summed E-state index contributed by atoms with van der Waals surface area (Å²) in [5, 5.41) is 11.9. The number of ether oxygens (including phenoxy) is 3. The molecular formula is C18H17NO6. The lowest BCUT2D eigenvalue weighted by atomic mass is 10.2. The zero-order valence-corrected chi connectivity index (χ0v) is 13.5. The molecule has 1 aliphatic rings. The fourth-order valence-electron chi connectivity index (χ4n) is 2.26. The summed E-state index contributed by atoms with van der Waals surface area (Å²) in [6.07, 6.45) is -0.949. The van der Waals surface area contributed by atoms with E-state index in [9.17, 15) is 14.7 Å². The van der Waals surface area contributed by atoms with Gasteiger partial charge in [-0.2, -0.15) is 0 Å². The van der Waals surface area contributed by atoms with Crippen LogP contribution >= 0.6 is 0 Å². The van der Waals surface area contributed by atoms with Gasteiger partial charge in [-0.05, 0) is 48.9 Å². The van der Waals surface area contributed by atoms with E-state index >= 15 is 0 Å². The summed E-state index contributed by atoms with van der Waals surface area (Å²) in [5.41, 5.74) is 1.10. The van der Waals surface area contributed by atoms with Gasteiger partial charge < -0.3 is 24.6 Å². The molecule has 3 rings (SSSR count). The van der Waals surface area contributed by atoms with Crippen molar-refractivity contribution in [2.24, 2.45) is 0 Å². The third kappa shape index (κ3) is 4.00. The minimum Gasteiger partial charge on any atom is -0.508 e. The van der Waals surface area contributed by atoms with Crippen LogP contribution in [0.5, 0.6) is 17.2 Å². The number of nitrogens with one attached hydrogen (secondary N) is 1. The molecule has 1 unspecified atom stereocenters. The Labute approximate surface area is 144 Å². The lowest BCUT2D eigenvalue weighted by Crippen LogP contribution is -2.35. The summed E-state index contributed by atoms with van der Waals surface area (Å²) in [6, 6.07) is 11.0. The van der Waals surface area contributed by atoms with Crippen molar-refractivity contribution in [2.75, 3.05) is 6.79 Å². The molecule has 1 amide bonds. The van der Waals surface area contributed by atoms with Crippen molar-refractivity contribution in [3.8, 4) is 17.2 Å². The summed E-state index contributed by atoms with van der Waals surface area (Å²) in [6.45, 7) is 1.96. The van der Waals surface area contributed by atoms with Crippen LogP contribution in [0.1, 0.15) is 22.8 Å². The van der Waals surface area contributed by atoms with Gasteiger partial charge in [0.2, 0.25) is 6.79 Å². The standard InChI is InChI=1S/C18H17NO6/c1-11(25-18(22)13-3-5-14(20)6-4-13)17(21)19-9-12-2-7-15-16(8-12)24-10-23-15/h2-8,11,20H,9-10H2,1H3,(H,19,21). The molecular weight excluding hydrogens is 326 g/mol. The number of benzene rings is 2. The number of hydrogen-bond acceptors (Lipinski definition) is 6. The fourth-order valence-corrected chi connectivity index (χ4v) is 2.26. The number of phenols is 1. The topological polar surface area (TPSA) is 94.1 Å². The van der Waals surface area contributed by atoms with Crippen LogP contribution in [0.15, 0.2) is 42.5 Å². The Balaban J connectivity index is 1.52. The second-order valence-corrected chi connectivity index (χ2v) is 5.50. The van der Waals surface area contributed by atoms with Crippen molar-refractivity contribution in [1.82, 2.24) is 5.32 Å². The number of amides is 1. The Kier molecular flexibility index (Phi) is 4.74. The number of carbonyl (C=O) groups excluding carboxylic acids is 2. The van der Waals surface area contributed by atoms with Gasteiger partial charge in [0.05, 0.1) is 5.56 Å². The first-order valence-electron chi connectivity index (χ1n) is 7.69. The first-order chi connectivity index (χ1) is 12.0.